The van der Waals surface area contributed by atoms with E-state index in [9.17, 15) is 0 Å². The highest BCUT2D eigenvalue weighted by Gasteiger charge is 2.25. The van der Waals surface area contributed by atoms with Crippen LogP contribution in [0.1, 0.15) is 23.1 Å². The smallest absolute Gasteiger partial charge is 0.00135 e. The Morgan fingerprint density at radius 2 is 1.12 bits per heavy atom. The first-order valence-electron chi connectivity index (χ1n) is 8.77. The normalized spacial score (nSPS) is 15.0. The third kappa shape index (κ3) is 2.30. The van der Waals surface area contributed by atoms with Gasteiger partial charge in [-0.05, 0) is 51.0 Å². The molecule has 0 nitrogen and oxygen atoms in total. The van der Waals surface area contributed by atoms with Crippen LogP contribution in [0.2, 0.25) is 0 Å². The van der Waals surface area contributed by atoms with Gasteiger partial charge in [0.15, 0.2) is 0 Å². The summed E-state index contributed by atoms with van der Waals surface area (Å²) in [5.74, 6) is 0. The average Bonchev–Trinajstić information content (AvgIpc) is 3.03. The van der Waals surface area contributed by atoms with Gasteiger partial charge in [0, 0.05) is 0 Å². The maximum Gasteiger partial charge on any atom is -0.00135 e. The SMILES string of the molecule is C1=CC(=C2c3ccccc3-c3ccccc32)CC(c2ccccc2)=C1. The quantitative estimate of drug-likeness (QED) is 0.375. The summed E-state index contributed by atoms with van der Waals surface area (Å²) in [6, 6.07) is 28.2. The van der Waals surface area contributed by atoms with Crippen molar-refractivity contribution in [3.05, 3.63) is 119 Å². The van der Waals surface area contributed by atoms with Gasteiger partial charge < -0.3 is 0 Å². The van der Waals surface area contributed by atoms with E-state index in [0.717, 1.165) is 6.42 Å². The number of rotatable bonds is 1. The molecular formula is C25H18. The van der Waals surface area contributed by atoms with Crippen LogP contribution in [0.3, 0.4) is 0 Å². The minimum absolute atomic E-state index is 0.971. The molecule has 0 bridgehead atoms. The number of allylic oxidation sites excluding steroid dienone is 5. The zero-order valence-corrected chi connectivity index (χ0v) is 13.9. The monoisotopic (exact) mass is 318 g/mol. The topological polar surface area (TPSA) is 0 Å². The van der Waals surface area contributed by atoms with Crippen LogP contribution in [0, 0.1) is 0 Å². The molecule has 0 heterocycles. The lowest BCUT2D eigenvalue weighted by Crippen LogP contribution is -1.95. The summed E-state index contributed by atoms with van der Waals surface area (Å²) < 4.78 is 0. The van der Waals surface area contributed by atoms with Gasteiger partial charge in [-0.25, -0.2) is 0 Å². The standard InChI is InChI=1S/C25H18/c1-2-9-18(10-3-1)19-11-8-12-20(17-19)25-23-15-6-4-13-21(23)22-14-5-7-16-24(22)25/h1-16H,17H2. The predicted octanol–water partition coefficient (Wildman–Crippen LogP) is 6.51. The second-order valence-corrected chi connectivity index (χ2v) is 6.59. The molecule has 0 atom stereocenters. The molecule has 0 aliphatic heterocycles. The maximum absolute atomic E-state index is 2.28. The summed E-state index contributed by atoms with van der Waals surface area (Å²) in [5, 5.41) is 0. The Labute approximate surface area is 148 Å². The third-order valence-corrected chi connectivity index (χ3v) is 5.12. The van der Waals surface area contributed by atoms with Crippen LogP contribution in [-0.2, 0) is 0 Å². The fourth-order valence-electron chi connectivity index (χ4n) is 3.99. The van der Waals surface area contributed by atoms with Crippen LogP contribution < -0.4 is 0 Å². The molecule has 3 aromatic rings. The van der Waals surface area contributed by atoms with Crippen LogP contribution in [-0.4, -0.2) is 0 Å². The second-order valence-electron chi connectivity index (χ2n) is 6.59. The highest BCUT2D eigenvalue weighted by molar-refractivity contribution is 6.03. The number of fused-ring (bicyclic) bond motifs is 3. The van der Waals surface area contributed by atoms with E-state index in [1.807, 2.05) is 0 Å². The van der Waals surface area contributed by atoms with Crippen molar-refractivity contribution in [3.8, 4) is 11.1 Å². The molecule has 5 rings (SSSR count). The molecular weight excluding hydrogens is 300 g/mol. The molecule has 0 fully saturated rings. The Kier molecular flexibility index (Phi) is 3.28. The van der Waals surface area contributed by atoms with Crippen molar-refractivity contribution in [2.75, 3.05) is 0 Å². The van der Waals surface area contributed by atoms with Gasteiger partial charge in [-0.1, -0.05) is 97.1 Å². The molecule has 0 radical (unpaired) electrons. The Bertz CT molecular complexity index is 999. The average molecular weight is 318 g/mol. The summed E-state index contributed by atoms with van der Waals surface area (Å²) in [5.41, 5.74) is 10.9. The molecule has 118 valence electrons. The summed E-state index contributed by atoms with van der Waals surface area (Å²) >= 11 is 0. The molecule has 0 N–H and O–H groups in total. The van der Waals surface area contributed by atoms with Gasteiger partial charge >= 0.3 is 0 Å². The molecule has 0 saturated heterocycles. The second kappa shape index (κ2) is 5.75. The Morgan fingerprint density at radius 3 is 1.76 bits per heavy atom. The van der Waals surface area contributed by atoms with Crippen molar-refractivity contribution in [1.82, 2.24) is 0 Å². The van der Waals surface area contributed by atoms with Gasteiger partial charge in [0.2, 0.25) is 0 Å². The Morgan fingerprint density at radius 1 is 0.560 bits per heavy atom. The van der Waals surface area contributed by atoms with E-state index in [-0.39, 0.29) is 0 Å². The largest absolute Gasteiger partial charge is 0.0622 e. The molecule has 2 aliphatic rings. The van der Waals surface area contributed by atoms with Crippen LogP contribution in [0.25, 0.3) is 22.3 Å². The van der Waals surface area contributed by atoms with Crippen LogP contribution >= 0.6 is 0 Å². The van der Waals surface area contributed by atoms with E-state index in [2.05, 4.69) is 97.1 Å². The van der Waals surface area contributed by atoms with E-state index in [4.69, 9.17) is 0 Å². The summed E-state index contributed by atoms with van der Waals surface area (Å²) in [6.07, 6.45) is 7.68. The van der Waals surface area contributed by atoms with E-state index >= 15 is 0 Å². The molecule has 2 aliphatic carbocycles. The molecule has 0 aromatic heterocycles. The van der Waals surface area contributed by atoms with Gasteiger partial charge in [-0.2, -0.15) is 0 Å². The number of hydrogen-bond donors (Lipinski definition) is 0. The lowest BCUT2D eigenvalue weighted by Gasteiger charge is -2.16. The van der Waals surface area contributed by atoms with Crippen molar-refractivity contribution >= 4 is 11.1 Å². The van der Waals surface area contributed by atoms with Gasteiger partial charge in [0.1, 0.15) is 0 Å². The zero-order chi connectivity index (χ0) is 16.6. The van der Waals surface area contributed by atoms with E-state index in [0.29, 0.717) is 0 Å². The highest BCUT2D eigenvalue weighted by Crippen LogP contribution is 2.47. The minimum atomic E-state index is 0.971. The number of benzene rings is 3. The lowest BCUT2D eigenvalue weighted by molar-refractivity contribution is 1.28. The fourth-order valence-corrected chi connectivity index (χ4v) is 3.99. The summed E-state index contributed by atoms with van der Waals surface area (Å²) in [7, 11) is 0. The van der Waals surface area contributed by atoms with Gasteiger partial charge in [0.05, 0.1) is 0 Å². The lowest BCUT2D eigenvalue weighted by atomic mass is 9.88. The van der Waals surface area contributed by atoms with E-state index in [1.165, 1.54) is 44.5 Å². The molecule has 25 heavy (non-hydrogen) atoms. The maximum atomic E-state index is 2.28. The van der Waals surface area contributed by atoms with E-state index < -0.39 is 0 Å². The molecule has 0 saturated carbocycles. The van der Waals surface area contributed by atoms with Gasteiger partial charge in [-0.15, -0.1) is 0 Å². The molecule has 0 unspecified atom stereocenters. The zero-order valence-electron chi connectivity index (χ0n) is 13.9. The number of hydrogen-bond acceptors (Lipinski definition) is 0. The first-order valence-corrected chi connectivity index (χ1v) is 8.77. The molecule has 3 aromatic carbocycles. The van der Waals surface area contributed by atoms with Crippen LogP contribution in [0.5, 0.6) is 0 Å². The van der Waals surface area contributed by atoms with Crippen molar-refractivity contribution < 1.29 is 0 Å². The Balaban J connectivity index is 1.68. The van der Waals surface area contributed by atoms with E-state index in [1.54, 1.807) is 0 Å². The van der Waals surface area contributed by atoms with Crippen molar-refractivity contribution in [3.63, 3.8) is 0 Å². The van der Waals surface area contributed by atoms with Crippen molar-refractivity contribution in [2.45, 2.75) is 6.42 Å². The first-order chi connectivity index (χ1) is 12.4. The van der Waals surface area contributed by atoms with Crippen molar-refractivity contribution in [1.29, 1.82) is 0 Å². The highest BCUT2D eigenvalue weighted by atomic mass is 14.3. The van der Waals surface area contributed by atoms with Gasteiger partial charge in [0.25, 0.3) is 0 Å². The minimum Gasteiger partial charge on any atom is -0.0622 e. The summed E-state index contributed by atoms with van der Waals surface area (Å²) in [6.45, 7) is 0. The fraction of sp³-hybridized carbons (Fsp3) is 0.0400. The van der Waals surface area contributed by atoms with Crippen LogP contribution in [0.4, 0.5) is 0 Å². The first kappa shape index (κ1) is 14.2. The third-order valence-electron chi connectivity index (χ3n) is 5.12. The van der Waals surface area contributed by atoms with Crippen molar-refractivity contribution in [2.24, 2.45) is 0 Å². The van der Waals surface area contributed by atoms with Crippen LogP contribution in [0.15, 0.2) is 103 Å². The Hall–Kier alpha value is -3.12. The molecule has 0 spiro atoms. The molecule has 0 heteroatoms. The predicted molar refractivity (Wildman–Crippen MR) is 106 cm³/mol. The molecule has 0 amide bonds. The summed E-state index contributed by atoms with van der Waals surface area (Å²) in [4.78, 5) is 0. The van der Waals surface area contributed by atoms with Gasteiger partial charge in [-0.3, -0.25) is 0 Å².